The summed E-state index contributed by atoms with van der Waals surface area (Å²) >= 11 is 3.05. The summed E-state index contributed by atoms with van der Waals surface area (Å²) in [6, 6.07) is 2.28. The van der Waals surface area contributed by atoms with Crippen LogP contribution in [0.15, 0.2) is 16.6 Å². The van der Waals surface area contributed by atoms with E-state index in [0.29, 0.717) is 15.7 Å². The van der Waals surface area contributed by atoms with Gasteiger partial charge in [0, 0.05) is 5.69 Å². The number of halogens is 2. The van der Waals surface area contributed by atoms with Gasteiger partial charge in [-0.3, -0.25) is 4.79 Å². The minimum atomic E-state index is -0.590. The van der Waals surface area contributed by atoms with Crippen LogP contribution in [-0.4, -0.2) is 11.9 Å². The number of nitrogens with one attached hydrogen (secondary N) is 1. The van der Waals surface area contributed by atoms with Gasteiger partial charge in [0.05, 0.1) is 10.5 Å². The summed E-state index contributed by atoms with van der Waals surface area (Å²) in [4.78, 5) is 11.3. The normalized spacial score (nSPS) is 12.3. The lowest BCUT2D eigenvalue weighted by Gasteiger charge is -2.11. The zero-order chi connectivity index (χ0) is 11.6. The van der Waals surface area contributed by atoms with Gasteiger partial charge >= 0.3 is 0 Å². The van der Waals surface area contributed by atoms with Crippen LogP contribution in [0.2, 0.25) is 0 Å². The van der Waals surface area contributed by atoms with E-state index in [-0.39, 0.29) is 11.7 Å². The minimum absolute atomic E-state index is 0.295. The van der Waals surface area contributed by atoms with Gasteiger partial charge in [-0.05, 0) is 47.5 Å². The summed E-state index contributed by atoms with van der Waals surface area (Å²) in [6.45, 7) is 3.30. The number of benzene rings is 1. The maximum absolute atomic E-state index is 13.1. The Bertz CT molecular complexity index is 393. The number of rotatable bonds is 2. The molecule has 0 bridgehead atoms. The van der Waals surface area contributed by atoms with Crippen molar-refractivity contribution in [3.05, 3.63) is 28.0 Å². The molecular formula is C10H12BrFN2O. The second-order valence-electron chi connectivity index (χ2n) is 3.36. The molecule has 15 heavy (non-hydrogen) atoms. The third-order valence-electron chi connectivity index (χ3n) is 1.94. The third kappa shape index (κ3) is 3.00. The molecule has 0 aliphatic carbocycles. The zero-order valence-electron chi connectivity index (χ0n) is 8.47. The fourth-order valence-electron chi connectivity index (χ4n) is 1.03. The average molecular weight is 275 g/mol. The summed E-state index contributed by atoms with van der Waals surface area (Å²) in [5.74, 6) is -0.650. The molecule has 0 saturated heterocycles. The van der Waals surface area contributed by atoms with Gasteiger partial charge in [0.1, 0.15) is 5.82 Å². The highest BCUT2D eigenvalue weighted by Gasteiger charge is 2.11. The highest BCUT2D eigenvalue weighted by molar-refractivity contribution is 9.10. The molecule has 5 heteroatoms. The Hall–Kier alpha value is -0.940. The Morgan fingerprint density at radius 1 is 1.60 bits per heavy atom. The van der Waals surface area contributed by atoms with Crippen LogP contribution in [-0.2, 0) is 4.79 Å². The van der Waals surface area contributed by atoms with Crippen molar-refractivity contribution in [3.8, 4) is 0 Å². The first-order valence-corrected chi connectivity index (χ1v) is 5.23. The maximum Gasteiger partial charge on any atom is 0.241 e. The van der Waals surface area contributed by atoms with E-state index in [1.54, 1.807) is 13.8 Å². The summed E-state index contributed by atoms with van der Waals surface area (Å²) in [5.41, 5.74) is 6.62. The Morgan fingerprint density at radius 2 is 2.20 bits per heavy atom. The van der Waals surface area contributed by atoms with Crippen molar-refractivity contribution in [1.29, 1.82) is 0 Å². The molecule has 1 amide bonds. The second-order valence-corrected chi connectivity index (χ2v) is 4.21. The molecule has 1 aromatic carbocycles. The van der Waals surface area contributed by atoms with E-state index < -0.39 is 6.04 Å². The van der Waals surface area contributed by atoms with Crippen LogP contribution in [0.3, 0.4) is 0 Å². The number of carbonyl (C=O) groups is 1. The SMILES string of the molecule is Cc1cc(F)c(Br)cc1NC(=O)C(C)N. The van der Waals surface area contributed by atoms with Crippen LogP contribution in [0.5, 0.6) is 0 Å². The predicted molar refractivity (Wildman–Crippen MR) is 61.1 cm³/mol. The number of hydrogen-bond acceptors (Lipinski definition) is 2. The van der Waals surface area contributed by atoms with Crippen molar-refractivity contribution < 1.29 is 9.18 Å². The van der Waals surface area contributed by atoms with Crippen molar-refractivity contribution in [2.24, 2.45) is 5.73 Å². The molecule has 0 aliphatic heterocycles. The number of anilines is 1. The van der Waals surface area contributed by atoms with Crippen molar-refractivity contribution in [2.45, 2.75) is 19.9 Å². The molecule has 0 spiro atoms. The van der Waals surface area contributed by atoms with Gasteiger partial charge in [0.15, 0.2) is 0 Å². The van der Waals surface area contributed by atoms with E-state index >= 15 is 0 Å². The molecule has 82 valence electrons. The molecule has 1 aromatic rings. The van der Waals surface area contributed by atoms with Crippen LogP contribution < -0.4 is 11.1 Å². The molecule has 0 radical (unpaired) electrons. The Morgan fingerprint density at radius 3 is 2.73 bits per heavy atom. The van der Waals surface area contributed by atoms with Gasteiger partial charge in [-0.2, -0.15) is 0 Å². The summed E-state index contributed by atoms with van der Waals surface area (Å²) in [7, 11) is 0. The molecule has 0 aromatic heterocycles. The standard InChI is InChI=1S/C10H12BrFN2O/c1-5-3-8(12)7(11)4-9(5)14-10(15)6(2)13/h3-4,6H,13H2,1-2H3,(H,14,15). The zero-order valence-corrected chi connectivity index (χ0v) is 10.1. The van der Waals surface area contributed by atoms with E-state index in [4.69, 9.17) is 5.73 Å². The molecule has 0 heterocycles. The second kappa shape index (κ2) is 4.72. The molecule has 3 N–H and O–H groups in total. The summed E-state index contributed by atoms with van der Waals surface area (Å²) < 4.78 is 13.4. The summed E-state index contributed by atoms with van der Waals surface area (Å²) in [5, 5.41) is 2.62. The molecule has 0 fully saturated rings. The maximum atomic E-state index is 13.1. The molecule has 1 unspecified atom stereocenters. The van der Waals surface area contributed by atoms with Gasteiger partial charge < -0.3 is 11.1 Å². The fourth-order valence-corrected chi connectivity index (χ4v) is 1.37. The van der Waals surface area contributed by atoms with E-state index in [1.807, 2.05) is 0 Å². The molecule has 3 nitrogen and oxygen atoms in total. The highest BCUT2D eigenvalue weighted by Crippen LogP contribution is 2.24. The van der Waals surface area contributed by atoms with Crippen molar-refractivity contribution >= 4 is 27.5 Å². The first-order valence-electron chi connectivity index (χ1n) is 4.44. The number of amides is 1. The van der Waals surface area contributed by atoms with Crippen LogP contribution in [0.4, 0.5) is 10.1 Å². The number of nitrogens with two attached hydrogens (primary N) is 1. The van der Waals surface area contributed by atoms with Gasteiger partial charge in [-0.15, -0.1) is 0 Å². The number of carbonyl (C=O) groups excluding carboxylic acids is 1. The van der Waals surface area contributed by atoms with Crippen molar-refractivity contribution in [3.63, 3.8) is 0 Å². The minimum Gasteiger partial charge on any atom is -0.324 e. The molecule has 0 saturated carbocycles. The molecule has 1 atom stereocenters. The van der Waals surface area contributed by atoms with E-state index in [0.717, 1.165) is 0 Å². The lowest BCUT2D eigenvalue weighted by atomic mass is 10.2. The van der Waals surface area contributed by atoms with Crippen LogP contribution in [0.25, 0.3) is 0 Å². The van der Waals surface area contributed by atoms with E-state index in [2.05, 4.69) is 21.2 Å². The van der Waals surface area contributed by atoms with Gasteiger partial charge in [-0.1, -0.05) is 0 Å². The first-order chi connectivity index (χ1) is 6.91. The lowest BCUT2D eigenvalue weighted by molar-refractivity contribution is -0.117. The van der Waals surface area contributed by atoms with Gasteiger partial charge in [0.2, 0.25) is 5.91 Å². The smallest absolute Gasteiger partial charge is 0.241 e. The lowest BCUT2D eigenvalue weighted by Crippen LogP contribution is -2.32. The predicted octanol–water partition coefficient (Wildman–Crippen LogP) is 2.18. The monoisotopic (exact) mass is 274 g/mol. The summed E-state index contributed by atoms with van der Waals surface area (Å²) in [6.07, 6.45) is 0. The molecular weight excluding hydrogens is 263 g/mol. The topological polar surface area (TPSA) is 55.1 Å². The quantitative estimate of drug-likeness (QED) is 0.869. The van der Waals surface area contributed by atoms with Crippen LogP contribution >= 0.6 is 15.9 Å². The van der Waals surface area contributed by atoms with Gasteiger partial charge in [-0.25, -0.2) is 4.39 Å². The molecule has 1 rings (SSSR count). The van der Waals surface area contributed by atoms with Crippen molar-refractivity contribution in [1.82, 2.24) is 0 Å². The molecule has 0 aliphatic rings. The van der Waals surface area contributed by atoms with Crippen LogP contribution in [0.1, 0.15) is 12.5 Å². The van der Waals surface area contributed by atoms with Crippen LogP contribution in [0, 0.1) is 12.7 Å². The van der Waals surface area contributed by atoms with Gasteiger partial charge in [0.25, 0.3) is 0 Å². The highest BCUT2D eigenvalue weighted by atomic mass is 79.9. The van der Waals surface area contributed by atoms with E-state index in [9.17, 15) is 9.18 Å². The Balaban J connectivity index is 2.96. The van der Waals surface area contributed by atoms with Crippen molar-refractivity contribution in [2.75, 3.05) is 5.32 Å². The third-order valence-corrected chi connectivity index (χ3v) is 2.55. The first kappa shape index (κ1) is 12.1. The average Bonchev–Trinajstić information content (AvgIpc) is 2.13. The Kier molecular flexibility index (Phi) is 3.82. The fraction of sp³-hybridized carbons (Fsp3) is 0.300. The number of aryl methyl sites for hydroxylation is 1. The largest absolute Gasteiger partial charge is 0.324 e. The van der Waals surface area contributed by atoms with E-state index in [1.165, 1.54) is 12.1 Å². The Labute approximate surface area is 96.0 Å². The number of hydrogen-bond donors (Lipinski definition) is 2.